The third-order valence-electron chi connectivity index (χ3n) is 2.61. The van der Waals surface area contributed by atoms with Crippen LogP contribution in [0.2, 0.25) is 0 Å². The van der Waals surface area contributed by atoms with Gasteiger partial charge in [-0.2, -0.15) is 4.72 Å². The first-order chi connectivity index (χ1) is 9.63. The summed E-state index contributed by atoms with van der Waals surface area (Å²) >= 11 is 4.40. The quantitative estimate of drug-likeness (QED) is 0.612. The van der Waals surface area contributed by atoms with Crippen LogP contribution in [0.4, 0.5) is 0 Å². The highest BCUT2D eigenvalue weighted by Crippen LogP contribution is 2.29. The summed E-state index contributed by atoms with van der Waals surface area (Å²) in [5.41, 5.74) is 0. The zero-order chi connectivity index (χ0) is 16.2. The summed E-state index contributed by atoms with van der Waals surface area (Å²) in [5, 5.41) is 17.6. The highest BCUT2D eigenvalue weighted by atomic mass is 79.9. The Hall–Kier alpha value is -0.970. The fourth-order valence-corrected chi connectivity index (χ4v) is 5.28. The van der Waals surface area contributed by atoms with Gasteiger partial charge in [-0.1, -0.05) is 0 Å². The Labute approximate surface area is 134 Å². The normalized spacial score (nSPS) is 13.0. The first kappa shape index (κ1) is 18.1. The molecule has 0 fully saturated rings. The molecule has 10 heteroatoms. The topological polar surface area (TPSA) is 121 Å². The van der Waals surface area contributed by atoms with E-state index in [9.17, 15) is 18.0 Å². The molecule has 1 aromatic heterocycles. The van der Waals surface area contributed by atoms with Gasteiger partial charge in [0.25, 0.3) is 0 Å². The van der Waals surface area contributed by atoms with Gasteiger partial charge >= 0.3 is 11.9 Å². The van der Waals surface area contributed by atoms with Gasteiger partial charge in [-0.15, -0.1) is 11.3 Å². The van der Waals surface area contributed by atoms with Crippen molar-refractivity contribution < 1.29 is 28.2 Å². The van der Waals surface area contributed by atoms with Gasteiger partial charge in [0.05, 0.1) is 8.68 Å². The third kappa shape index (κ3) is 5.38. The number of thiophene rings is 1. The Morgan fingerprint density at radius 3 is 2.48 bits per heavy atom. The van der Waals surface area contributed by atoms with Gasteiger partial charge in [0.1, 0.15) is 6.04 Å². The van der Waals surface area contributed by atoms with Crippen LogP contribution < -0.4 is 4.72 Å². The van der Waals surface area contributed by atoms with Gasteiger partial charge in [-0.3, -0.25) is 9.59 Å². The van der Waals surface area contributed by atoms with E-state index in [2.05, 4.69) is 20.7 Å². The molecule has 0 saturated heterocycles. The number of carboxylic acids is 2. The van der Waals surface area contributed by atoms with Gasteiger partial charge in [0.2, 0.25) is 10.0 Å². The lowest BCUT2D eigenvalue weighted by atomic mass is 10.1. The molecule has 0 spiro atoms. The number of hydrogen-bond acceptors (Lipinski definition) is 5. The molecule has 1 aromatic rings. The number of carboxylic acid groups (broad SMARTS) is 2. The Bertz CT molecular complexity index is 639. The average Bonchev–Trinajstić information content (AvgIpc) is 2.67. The van der Waals surface area contributed by atoms with Gasteiger partial charge in [0, 0.05) is 11.3 Å². The van der Waals surface area contributed by atoms with Crippen molar-refractivity contribution >= 4 is 49.2 Å². The van der Waals surface area contributed by atoms with Crippen molar-refractivity contribution in [2.75, 3.05) is 0 Å². The molecule has 0 aliphatic heterocycles. The van der Waals surface area contributed by atoms with Gasteiger partial charge in [-0.05, 0) is 41.8 Å². The van der Waals surface area contributed by atoms with E-state index in [1.807, 2.05) is 0 Å². The van der Waals surface area contributed by atoms with E-state index in [0.717, 1.165) is 0 Å². The molecule has 1 atom stereocenters. The largest absolute Gasteiger partial charge is 0.481 e. The Balaban J connectivity index is 2.85. The van der Waals surface area contributed by atoms with Gasteiger partial charge in [-0.25, -0.2) is 8.42 Å². The summed E-state index contributed by atoms with van der Waals surface area (Å²) in [6, 6.07) is 0.0470. The van der Waals surface area contributed by atoms with Crippen molar-refractivity contribution in [3.63, 3.8) is 0 Å². The van der Waals surface area contributed by atoms with Crippen molar-refractivity contribution in [3.05, 3.63) is 14.7 Å². The lowest BCUT2D eigenvalue weighted by molar-refractivity contribution is -0.140. The molecule has 0 aromatic carbocycles. The minimum atomic E-state index is -3.96. The zero-order valence-electron chi connectivity index (χ0n) is 11.0. The number of halogens is 1. The van der Waals surface area contributed by atoms with E-state index in [1.165, 1.54) is 17.4 Å². The van der Waals surface area contributed by atoms with Crippen LogP contribution in [0.25, 0.3) is 0 Å². The van der Waals surface area contributed by atoms with Gasteiger partial charge < -0.3 is 10.2 Å². The lowest BCUT2D eigenvalue weighted by Crippen LogP contribution is -2.40. The summed E-state index contributed by atoms with van der Waals surface area (Å²) in [7, 11) is -3.96. The average molecular weight is 400 g/mol. The molecule has 3 N–H and O–H groups in total. The van der Waals surface area contributed by atoms with Crippen LogP contribution in [0, 0.1) is 6.92 Å². The molecule has 21 heavy (non-hydrogen) atoms. The predicted octanol–water partition coefficient (Wildman–Crippen LogP) is 1.81. The van der Waals surface area contributed by atoms with E-state index < -0.39 is 28.0 Å². The van der Waals surface area contributed by atoms with E-state index in [4.69, 9.17) is 10.2 Å². The van der Waals surface area contributed by atoms with Crippen LogP contribution >= 0.6 is 27.3 Å². The van der Waals surface area contributed by atoms with Crippen LogP contribution in [0.3, 0.4) is 0 Å². The molecule has 0 aliphatic carbocycles. The third-order valence-corrected chi connectivity index (χ3v) is 5.89. The molecule has 1 rings (SSSR count). The number of aliphatic carboxylic acids is 2. The standard InChI is InChI=1S/C11H14BrNO6S2/c1-6-8(5-9(12)20-6)21(18,19)13-7(11(16)17)3-2-4-10(14)15/h5,7,13H,2-4H2,1H3,(H,14,15)(H,16,17)/t7-/m1/s1. The molecule has 118 valence electrons. The molecule has 1 heterocycles. The zero-order valence-corrected chi connectivity index (χ0v) is 14.2. The van der Waals surface area contributed by atoms with Gasteiger partial charge in [0.15, 0.2) is 0 Å². The first-order valence-corrected chi connectivity index (χ1v) is 8.95. The second-order valence-corrected chi connectivity index (χ2v) is 8.59. The number of carbonyl (C=O) groups is 2. The van der Waals surface area contributed by atoms with E-state index in [-0.39, 0.29) is 24.2 Å². The Kier molecular flexibility index (Phi) is 6.32. The SMILES string of the molecule is Cc1sc(Br)cc1S(=O)(=O)N[C@H](CCCC(=O)O)C(=O)O. The molecule has 0 saturated carbocycles. The van der Waals surface area contributed by atoms with Crippen LogP contribution in [0.1, 0.15) is 24.1 Å². The summed E-state index contributed by atoms with van der Waals surface area (Å²) in [4.78, 5) is 22.1. The molecule has 0 bridgehead atoms. The summed E-state index contributed by atoms with van der Waals surface area (Å²) in [5.74, 6) is -2.39. The second kappa shape index (κ2) is 7.34. The highest BCUT2D eigenvalue weighted by molar-refractivity contribution is 9.11. The summed E-state index contributed by atoms with van der Waals surface area (Å²) < 4.78 is 27.1. The molecular weight excluding hydrogens is 386 g/mol. The summed E-state index contributed by atoms with van der Waals surface area (Å²) in [6.45, 7) is 1.62. The Morgan fingerprint density at radius 1 is 1.43 bits per heavy atom. The van der Waals surface area contributed by atoms with Crippen molar-refractivity contribution in [2.24, 2.45) is 0 Å². The van der Waals surface area contributed by atoms with Crippen molar-refractivity contribution in [2.45, 2.75) is 37.1 Å². The number of hydrogen-bond donors (Lipinski definition) is 3. The number of rotatable bonds is 8. The predicted molar refractivity (Wildman–Crippen MR) is 80.0 cm³/mol. The highest BCUT2D eigenvalue weighted by Gasteiger charge is 2.27. The van der Waals surface area contributed by atoms with Crippen LogP contribution in [-0.4, -0.2) is 36.6 Å². The summed E-state index contributed by atoms with van der Waals surface area (Å²) in [6.07, 6.45) is -0.235. The number of nitrogens with one attached hydrogen (secondary N) is 1. The maximum absolute atomic E-state index is 12.2. The number of sulfonamides is 1. The minimum absolute atomic E-state index is 0.0175. The second-order valence-electron chi connectivity index (χ2n) is 4.27. The maximum Gasteiger partial charge on any atom is 0.321 e. The molecule has 7 nitrogen and oxygen atoms in total. The minimum Gasteiger partial charge on any atom is -0.481 e. The fraction of sp³-hybridized carbons (Fsp3) is 0.455. The van der Waals surface area contributed by atoms with Crippen molar-refractivity contribution in [1.29, 1.82) is 0 Å². The molecule has 0 amide bonds. The van der Waals surface area contributed by atoms with Crippen molar-refractivity contribution in [3.8, 4) is 0 Å². The maximum atomic E-state index is 12.2. The van der Waals surface area contributed by atoms with E-state index >= 15 is 0 Å². The van der Waals surface area contributed by atoms with Crippen LogP contribution in [0.5, 0.6) is 0 Å². The fourth-order valence-electron chi connectivity index (χ4n) is 1.64. The first-order valence-electron chi connectivity index (χ1n) is 5.86. The number of aryl methyl sites for hydroxylation is 1. The smallest absolute Gasteiger partial charge is 0.321 e. The molecule has 0 radical (unpaired) electrons. The van der Waals surface area contributed by atoms with Crippen LogP contribution in [0.15, 0.2) is 14.7 Å². The van der Waals surface area contributed by atoms with Crippen LogP contribution in [-0.2, 0) is 19.6 Å². The molecule has 0 unspecified atom stereocenters. The Morgan fingerprint density at radius 2 is 2.05 bits per heavy atom. The van der Waals surface area contributed by atoms with E-state index in [0.29, 0.717) is 8.66 Å². The van der Waals surface area contributed by atoms with Crippen molar-refractivity contribution in [1.82, 2.24) is 4.72 Å². The monoisotopic (exact) mass is 399 g/mol. The lowest BCUT2D eigenvalue weighted by Gasteiger charge is -2.14. The molecular formula is C11H14BrNO6S2. The van der Waals surface area contributed by atoms with E-state index in [1.54, 1.807) is 6.92 Å². The molecule has 0 aliphatic rings.